The summed E-state index contributed by atoms with van der Waals surface area (Å²) in [4.78, 5) is 22.1. The molecule has 150 valence electrons. The molecule has 0 radical (unpaired) electrons. The first-order valence-corrected chi connectivity index (χ1v) is 9.38. The summed E-state index contributed by atoms with van der Waals surface area (Å²) >= 11 is 0. The van der Waals surface area contributed by atoms with Crippen LogP contribution in [0.3, 0.4) is 0 Å². The van der Waals surface area contributed by atoms with Gasteiger partial charge in [-0.3, -0.25) is 4.79 Å². The highest BCUT2D eigenvalue weighted by Gasteiger charge is 2.26. The molecule has 3 atom stereocenters. The molecule has 0 amide bonds. The van der Waals surface area contributed by atoms with Gasteiger partial charge in [0.25, 0.3) is 0 Å². The van der Waals surface area contributed by atoms with Gasteiger partial charge in [-0.25, -0.2) is 4.79 Å². The third kappa shape index (κ3) is 6.70. The van der Waals surface area contributed by atoms with E-state index in [2.05, 4.69) is 19.1 Å². The largest absolute Gasteiger partial charge is 0.480 e. The van der Waals surface area contributed by atoms with E-state index in [1.165, 1.54) is 5.56 Å². The molecule has 2 unspecified atom stereocenters. The van der Waals surface area contributed by atoms with Crippen molar-refractivity contribution in [3.63, 3.8) is 0 Å². The Kier molecular flexibility index (Phi) is 8.02. The number of benzene rings is 2. The van der Waals surface area contributed by atoms with Crippen molar-refractivity contribution in [3.8, 4) is 5.75 Å². The number of aryl methyl sites for hydroxylation is 1. The quantitative estimate of drug-likeness (QED) is 0.546. The summed E-state index contributed by atoms with van der Waals surface area (Å²) in [5, 5.41) is 18.1. The van der Waals surface area contributed by atoms with Crippen LogP contribution in [0.2, 0.25) is 0 Å². The molecule has 4 N–H and O–H groups in total. The van der Waals surface area contributed by atoms with Gasteiger partial charge in [0.1, 0.15) is 11.8 Å². The molecule has 0 saturated heterocycles. The zero-order chi connectivity index (χ0) is 20.5. The number of nitrogens with two attached hydrogens (primary N) is 1. The fourth-order valence-corrected chi connectivity index (χ4v) is 2.99. The maximum absolute atomic E-state index is 11.3. The molecule has 0 fully saturated rings. The fourth-order valence-electron chi connectivity index (χ4n) is 2.99. The first kappa shape index (κ1) is 21.4. The number of ether oxygens (including phenoxy) is 1. The van der Waals surface area contributed by atoms with Gasteiger partial charge in [0, 0.05) is 6.42 Å². The van der Waals surface area contributed by atoms with Gasteiger partial charge in [0.2, 0.25) is 0 Å². The van der Waals surface area contributed by atoms with Crippen LogP contribution in [0.15, 0.2) is 54.6 Å². The summed E-state index contributed by atoms with van der Waals surface area (Å²) in [6.07, 6.45) is 1.55. The average molecular weight is 385 g/mol. The number of hydrogen-bond donors (Lipinski definition) is 3. The molecule has 0 aromatic heterocycles. The molecule has 0 saturated carbocycles. The monoisotopic (exact) mass is 385 g/mol. The van der Waals surface area contributed by atoms with Crippen LogP contribution in [0.25, 0.3) is 0 Å². The maximum Gasteiger partial charge on any atom is 0.344 e. The molecule has 0 aliphatic carbocycles. The summed E-state index contributed by atoms with van der Waals surface area (Å²) in [6, 6.07) is 16.3. The molecule has 0 aliphatic heterocycles. The minimum Gasteiger partial charge on any atom is -0.480 e. The number of rotatable bonds is 11. The Morgan fingerprint density at radius 1 is 1.00 bits per heavy atom. The number of hydrogen-bond acceptors (Lipinski definition) is 4. The molecule has 2 aromatic rings. The zero-order valence-electron chi connectivity index (χ0n) is 16.0. The van der Waals surface area contributed by atoms with Gasteiger partial charge in [-0.15, -0.1) is 0 Å². The first-order chi connectivity index (χ1) is 13.4. The maximum atomic E-state index is 11.3. The molecule has 0 aliphatic rings. The molecule has 0 spiro atoms. The Morgan fingerprint density at radius 2 is 1.64 bits per heavy atom. The van der Waals surface area contributed by atoms with E-state index in [1.54, 1.807) is 12.1 Å². The van der Waals surface area contributed by atoms with Crippen LogP contribution in [-0.2, 0) is 16.0 Å². The van der Waals surface area contributed by atoms with Crippen LogP contribution in [0, 0.1) is 0 Å². The van der Waals surface area contributed by atoms with Crippen molar-refractivity contribution in [1.29, 1.82) is 0 Å². The summed E-state index contributed by atoms with van der Waals surface area (Å²) in [5.41, 5.74) is 7.90. The van der Waals surface area contributed by atoms with E-state index in [0.717, 1.165) is 24.8 Å². The van der Waals surface area contributed by atoms with Gasteiger partial charge in [0.15, 0.2) is 6.10 Å². The van der Waals surface area contributed by atoms with Crippen LogP contribution >= 0.6 is 0 Å². The highest BCUT2D eigenvalue weighted by atomic mass is 16.5. The van der Waals surface area contributed by atoms with E-state index in [9.17, 15) is 14.7 Å². The lowest BCUT2D eigenvalue weighted by atomic mass is 9.94. The molecule has 0 heterocycles. The average Bonchev–Trinajstić information content (AvgIpc) is 2.68. The van der Waals surface area contributed by atoms with Gasteiger partial charge in [-0.1, -0.05) is 49.4 Å². The van der Waals surface area contributed by atoms with Crippen LogP contribution in [-0.4, -0.2) is 34.3 Å². The lowest BCUT2D eigenvalue weighted by Crippen LogP contribution is -2.39. The summed E-state index contributed by atoms with van der Waals surface area (Å²) in [7, 11) is 0. The van der Waals surface area contributed by atoms with Crippen molar-refractivity contribution in [2.45, 2.75) is 50.7 Å². The highest BCUT2D eigenvalue weighted by molar-refractivity contribution is 5.77. The van der Waals surface area contributed by atoms with E-state index in [1.807, 2.05) is 30.3 Å². The van der Waals surface area contributed by atoms with Crippen LogP contribution < -0.4 is 10.5 Å². The van der Waals surface area contributed by atoms with E-state index in [-0.39, 0.29) is 6.42 Å². The predicted octanol–water partition coefficient (Wildman–Crippen LogP) is 3.45. The summed E-state index contributed by atoms with van der Waals surface area (Å²) < 4.78 is 5.43. The van der Waals surface area contributed by atoms with Crippen molar-refractivity contribution in [2.24, 2.45) is 5.73 Å². The van der Waals surface area contributed by atoms with Crippen LogP contribution in [0.4, 0.5) is 0 Å². The van der Waals surface area contributed by atoms with Crippen LogP contribution in [0.1, 0.15) is 43.2 Å². The molecule has 2 rings (SSSR count). The third-order valence-corrected chi connectivity index (χ3v) is 4.73. The van der Waals surface area contributed by atoms with Crippen molar-refractivity contribution in [2.75, 3.05) is 0 Å². The van der Waals surface area contributed by atoms with Gasteiger partial charge in [-0.2, -0.15) is 0 Å². The zero-order valence-corrected chi connectivity index (χ0v) is 16.0. The minimum absolute atomic E-state index is 0.303. The Balaban J connectivity index is 1.88. The second-order valence-electron chi connectivity index (χ2n) is 6.97. The molecular formula is C22H27NO5. The standard InChI is InChI=1S/C22H27NO5/c1-15(6-5-9-16-7-3-2-4-8-16)17-10-12-18(13-11-17)28-20(22(26)27)14-19(23)21(24)25/h2-4,7-8,10-13,15,19-20H,5-6,9,14,23H2,1H3,(H,24,25)(H,26,27)/t15?,19-,20?/m0/s1. The predicted molar refractivity (Wildman–Crippen MR) is 107 cm³/mol. The molecular weight excluding hydrogens is 358 g/mol. The normalized spacial score (nSPS) is 14.1. The molecule has 0 bridgehead atoms. The number of carbonyl (C=O) groups is 2. The van der Waals surface area contributed by atoms with Crippen LogP contribution in [0.5, 0.6) is 5.75 Å². The lowest BCUT2D eigenvalue weighted by molar-refractivity contribution is -0.146. The minimum atomic E-state index is -1.31. The summed E-state index contributed by atoms with van der Waals surface area (Å²) in [6.45, 7) is 2.16. The molecule has 2 aromatic carbocycles. The second kappa shape index (κ2) is 10.5. The van der Waals surface area contributed by atoms with Gasteiger partial charge < -0.3 is 20.7 Å². The Hall–Kier alpha value is -2.86. The Morgan fingerprint density at radius 3 is 2.21 bits per heavy atom. The Bertz CT molecular complexity index is 760. The van der Waals surface area contributed by atoms with Gasteiger partial charge >= 0.3 is 11.9 Å². The number of carboxylic acid groups (broad SMARTS) is 2. The highest BCUT2D eigenvalue weighted by Crippen LogP contribution is 2.24. The van der Waals surface area contributed by atoms with E-state index in [0.29, 0.717) is 11.7 Å². The number of aliphatic carboxylic acids is 2. The Labute approximate surface area is 165 Å². The van der Waals surface area contributed by atoms with E-state index < -0.39 is 24.1 Å². The van der Waals surface area contributed by atoms with Gasteiger partial charge in [-0.05, 0) is 48.4 Å². The van der Waals surface area contributed by atoms with Crippen molar-refractivity contribution >= 4 is 11.9 Å². The lowest BCUT2D eigenvalue weighted by Gasteiger charge is -2.18. The fraction of sp³-hybridized carbons (Fsp3) is 0.364. The smallest absolute Gasteiger partial charge is 0.344 e. The first-order valence-electron chi connectivity index (χ1n) is 9.38. The van der Waals surface area contributed by atoms with Crippen molar-refractivity contribution in [1.82, 2.24) is 0 Å². The molecule has 28 heavy (non-hydrogen) atoms. The van der Waals surface area contributed by atoms with Crippen molar-refractivity contribution in [3.05, 3.63) is 65.7 Å². The summed E-state index contributed by atoms with van der Waals surface area (Å²) in [5.74, 6) is -1.75. The SMILES string of the molecule is CC(CCCc1ccccc1)c1ccc(OC(C[C@H](N)C(=O)O)C(=O)O)cc1. The molecule has 6 heteroatoms. The topological polar surface area (TPSA) is 110 Å². The van der Waals surface area contributed by atoms with E-state index >= 15 is 0 Å². The molecule has 6 nitrogen and oxygen atoms in total. The number of carboxylic acids is 2. The second-order valence-corrected chi connectivity index (χ2v) is 6.97. The van der Waals surface area contributed by atoms with E-state index in [4.69, 9.17) is 15.6 Å². The van der Waals surface area contributed by atoms with Crippen molar-refractivity contribution < 1.29 is 24.5 Å². The van der Waals surface area contributed by atoms with Gasteiger partial charge in [0.05, 0.1) is 0 Å². The third-order valence-electron chi connectivity index (χ3n) is 4.73.